The highest BCUT2D eigenvalue weighted by Crippen LogP contribution is 2.36. The number of benzene rings is 3. The Morgan fingerprint density at radius 3 is 2.31 bits per heavy atom. The van der Waals surface area contributed by atoms with Crippen LogP contribution in [-0.2, 0) is 0 Å². The summed E-state index contributed by atoms with van der Waals surface area (Å²) >= 11 is 3.66. The van der Waals surface area contributed by atoms with Gasteiger partial charge in [-0.05, 0) is 95.6 Å². The summed E-state index contributed by atoms with van der Waals surface area (Å²) in [7, 11) is 0. The molecule has 0 fully saturated rings. The summed E-state index contributed by atoms with van der Waals surface area (Å²) in [5.74, 6) is 2.77. The van der Waals surface area contributed by atoms with Gasteiger partial charge >= 0.3 is 0 Å². The molecule has 0 aliphatic rings. The van der Waals surface area contributed by atoms with Crippen LogP contribution < -0.4 is 19.8 Å². The number of aromatic nitrogens is 2. The van der Waals surface area contributed by atoms with Gasteiger partial charge in [-0.3, -0.25) is 4.79 Å². The molecule has 0 saturated heterocycles. The van der Waals surface area contributed by atoms with E-state index in [4.69, 9.17) is 24.3 Å². The molecular weight excluding hydrogens is 594 g/mol. The minimum absolute atomic E-state index is 0.00876. The molecule has 0 bridgehead atoms. The van der Waals surface area contributed by atoms with Crippen molar-refractivity contribution in [3.8, 4) is 28.6 Å². The zero-order chi connectivity index (χ0) is 30.6. The third-order valence-electron chi connectivity index (χ3n) is 6.61. The van der Waals surface area contributed by atoms with Crippen molar-refractivity contribution < 1.29 is 14.2 Å². The van der Waals surface area contributed by atoms with E-state index in [-0.39, 0.29) is 16.9 Å². The highest BCUT2D eigenvalue weighted by atomic mass is 79.9. The van der Waals surface area contributed by atoms with Crippen LogP contribution >= 0.6 is 15.9 Å². The molecule has 0 saturated carbocycles. The van der Waals surface area contributed by atoms with E-state index in [1.54, 1.807) is 12.3 Å². The van der Waals surface area contributed by atoms with Gasteiger partial charge in [0, 0.05) is 15.6 Å². The lowest BCUT2D eigenvalue weighted by Crippen LogP contribution is -2.21. The molecule has 1 aromatic heterocycles. The Hall–Kier alpha value is -3.65. The maximum Gasteiger partial charge on any atom is 0.282 e. The zero-order valence-corrected chi connectivity index (χ0v) is 27.3. The summed E-state index contributed by atoms with van der Waals surface area (Å²) in [5.41, 5.74) is 3.90. The molecule has 0 N–H and O–H groups in total. The smallest absolute Gasteiger partial charge is 0.282 e. The predicted octanol–water partition coefficient (Wildman–Crippen LogP) is 8.36. The number of halogens is 1. The summed E-state index contributed by atoms with van der Waals surface area (Å²) in [4.78, 5) is 18.8. The first-order chi connectivity index (χ1) is 19.9. The molecular formula is C34H40BrN3O4. The average molecular weight is 635 g/mol. The number of rotatable bonds is 10. The second kappa shape index (κ2) is 13.1. The van der Waals surface area contributed by atoms with Crippen LogP contribution in [0.1, 0.15) is 71.1 Å². The molecule has 3 aromatic carbocycles. The van der Waals surface area contributed by atoms with E-state index < -0.39 is 0 Å². The quantitative estimate of drug-likeness (QED) is 0.164. The van der Waals surface area contributed by atoms with E-state index >= 15 is 0 Å². The highest BCUT2D eigenvalue weighted by molar-refractivity contribution is 9.10. The summed E-state index contributed by atoms with van der Waals surface area (Å²) in [5, 5.41) is 5.20. The lowest BCUT2D eigenvalue weighted by Gasteiger charge is -2.21. The second-order valence-corrected chi connectivity index (χ2v) is 12.6. The Bertz CT molecular complexity index is 1670. The SMILES string of the molecule is CCOc1cc(C=Nn2c(-c3cc(C(C)C)c(OCC)cc3C)nc3ccccc3c2=O)c(Br)cc1OCC(C)(C)C. The highest BCUT2D eigenvalue weighted by Gasteiger charge is 2.19. The van der Waals surface area contributed by atoms with Crippen molar-refractivity contribution in [3.63, 3.8) is 0 Å². The third kappa shape index (κ3) is 7.04. The van der Waals surface area contributed by atoms with Crippen molar-refractivity contribution in [2.75, 3.05) is 19.8 Å². The molecule has 0 aliphatic heterocycles. The minimum atomic E-state index is -0.252. The normalized spacial score (nSPS) is 12.0. The van der Waals surface area contributed by atoms with E-state index in [0.29, 0.717) is 48.0 Å². The average Bonchev–Trinajstić information content (AvgIpc) is 2.93. The molecule has 4 rings (SSSR count). The third-order valence-corrected chi connectivity index (χ3v) is 7.30. The first-order valence-corrected chi connectivity index (χ1v) is 15.2. The molecule has 0 amide bonds. The van der Waals surface area contributed by atoms with Crippen molar-refractivity contribution in [2.45, 2.75) is 61.3 Å². The number of aryl methyl sites for hydroxylation is 1. The number of para-hydroxylation sites is 1. The van der Waals surface area contributed by atoms with Gasteiger partial charge in [-0.2, -0.15) is 9.78 Å². The molecule has 0 unspecified atom stereocenters. The summed E-state index contributed by atoms with van der Waals surface area (Å²) in [6, 6.07) is 15.2. The Balaban J connectivity index is 1.89. The van der Waals surface area contributed by atoms with Gasteiger partial charge < -0.3 is 14.2 Å². The topological polar surface area (TPSA) is 74.9 Å². The zero-order valence-electron chi connectivity index (χ0n) is 25.7. The van der Waals surface area contributed by atoms with E-state index in [2.05, 4.69) is 56.6 Å². The van der Waals surface area contributed by atoms with E-state index in [0.717, 1.165) is 32.5 Å². The molecule has 1 heterocycles. The van der Waals surface area contributed by atoms with Crippen molar-refractivity contribution in [1.82, 2.24) is 9.66 Å². The maximum atomic E-state index is 13.9. The largest absolute Gasteiger partial charge is 0.494 e. The van der Waals surface area contributed by atoms with Crippen molar-refractivity contribution in [1.29, 1.82) is 0 Å². The summed E-state index contributed by atoms with van der Waals surface area (Å²) in [6.45, 7) is 18.1. The lowest BCUT2D eigenvalue weighted by atomic mass is 9.96. The number of hydrogen-bond donors (Lipinski definition) is 0. The van der Waals surface area contributed by atoms with Crippen molar-refractivity contribution >= 4 is 33.0 Å². The van der Waals surface area contributed by atoms with Crippen LogP contribution in [0.4, 0.5) is 0 Å². The van der Waals surface area contributed by atoms with Gasteiger partial charge in [-0.15, -0.1) is 0 Å². The van der Waals surface area contributed by atoms with Gasteiger partial charge in [0.15, 0.2) is 17.3 Å². The van der Waals surface area contributed by atoms with Crippen LogP contribution in [0.3, 0.4) is 0 Å². The van der Waals surface area contributed by atoms with Gasteiger partial charge in [0.25, 0.3) is 5.56 Å². The Labute approximate surface area is 256 Å². The fourth-order valence-electron chi connectivity index (χ4n) is 4.52. The van der Waals surface area contributed by atoms with Gasteiger partial charge in [0.2, 0.25) is 0 Å². The maximum absolute atomic E-state index is 13.9. The number of nitrogens with zero attached hydrogens (tertiary/aromatic N) is 3. The molecule has 0 atom stereocenters. The van der Waals surface area contributed by atoms with E-state index in [1.807, 2.05) is 57.2 Å². The van der Waals surface area contributed by atoms with Crippen molar-refractivity contribution in [2.24, 2.45) is 10.5 Å². The van der Waals surface area contributed by atoms with E-state index in [1.165, 1.54) is 4.68 Å². The predicted molar refractivity (Wildman–Crippen MR) is 175 cm³/mol. The summed E-state index contributed by atoms with van der Waals surface area (Å²) < 4.78 is 20.1. The molecule has 222 valence electrons. The van der Waals surface area contributed by atoms with Crippen LogP contribution in [0.25, 0.3) is 22.3 Å². The van der Waals surface area contributed by atoms with Gasteiger partial charge in [-0.25, -0.2) is 4.98 Å². The van der Waals surface area contributed by atoms with E-state index in [9.17, 15) is 4.79 Å². The monoisotopic (exact) mass is 633 g/mol. The first-order valence-electron chi connectivity index (χ1n) is 14.4. The second-order valence-electron chi connectivity index (χ2n) is 11.7. The lowest BCUT2D eigenvalue weighted by molar-refractivity contribution is 0.188. The van der Waals surface area contributed by atoms with Gasteiger partial charge in [0.05, 0.1) is 36.9 Å². The fraction of sp³-hybridized carbons (Fsp3) is 0.382. The Morgan fingerprint density at radius 1 is 0.976 bits per heavy atom. The van der Waals surface area contributed by atoms with Crippen LogP contribution in [0.2, 0.25) is 0 Å². The Morgan fingerprint density at radius 2 is 1.64 bits per heavy atom. The molecule has 0 aliphatic carbocycles. The van der Waals surface area contributed by atoms with Crippen LogP contribution in [0.15, 0.2) is 62.9 Å². The number of fused-ring (bicyclic) bond motifs is 1. The Kier molecular flexibility index (Phi) is 9.77. The molecule has 0 spiro atoms. The fourth-order valence-corrected chi connectivity index (χ4v) is 4.95. The van der Waals surface area contributed by atoms with Crippen molar-refractivity contribution in [3.05, 3.63) is 80.0 Å². The number of ether oxygens (including phenoxy) is 3. The van der Waals surface area contributed by atoms with Gasteiger partial charge in [0.1, 0.15) is 5.75 Å². The standard InChI is InChI=1S/C34H40BrN3O4/c1-9-40-29-15-22(5)26(17-25(29)21(3)4)32-37-28-14-12-11-13-24(28)33(39)38(32)36-19-23-16-30(41-10-2)31(18-27(23)35)42-20-34(6,7)8/h11-19,21H,9-10,20H2,1-8H3. The number of hydrogen-bond acceptors (Lipinski definition) is 6. The van der Waals surface area contributed by atoms with Gasteiger partial charge in [-0.1, -0.05) is 46.8 Å². The molecule has 8 heteroatoms. The van der Waals surface area contributed by atoms with Crippen LogP contribution in [-0.4, -0.2) is 35.7 Å². The molecule has 4 aromatic rings. The van der Waals surface area contributed by atoms with Crippen LogP contribution in [0, 0.1) is 12.3 Å². The molecule has 42 heavy (non-hydrogen) atoms. The van der Waals surface area contributed by atoms with Crippen LogP contribution in [0.5, 0.6) is 17.2 Å². The first kappa shape index (κ1) is 31.3. The minimum Gasteiger partial charge on any atom is -0.494 e. The summed E-state index contributed by atoms with van der Waals surface area (Å²) in [6.07, 6.45) is 1.65. The molecule has 7 nitrogen and oxygen atoms in total. The molecule has 0 radical (unpaired) electrons.